The summed E-state index contributed by atoms with van der Waals surface area (Å²) >= 11 is 3.62. The van der Waals surface area contributed by atoms with Crippen molar-refractivity contribution in [2.75, 3.05) is 13.2 Å². The van der Waals surface area contributed by atoms with Crippen molar-refractivity contribution in [2.45, 2.75) is 12.6 Å². The summed E-state index contributed by atoms with van der Waals surface area (Å²) < 4.78 is 5.13. The van der Waals surface area contributed by atoms with E-state index in [2.05, 4.69) is 34.3 Å². The van der Waals surface area contributed by atoms with Crippen molar-refractivity contribution in [1.82, 2.24) is 5.32 Å². The van der Waals surface area contributed by atoms with Crippen LogP contribution in [-0.4, -0.2) is 19.3 Å². The van der Waals surface area contributed by atoms with Crippen LogP contribution in [0, 0.1) is 0 Å². The molecule has 2 aromatic heterocycles. The van der Waals surface area contributed by atoms with Gasteiger partial charge in [-0.15, -0.1) is 22.7 Å². The van der Waals surface area contributed by atoms with Crippen LogP contribution in [0.5, 0.6) is 0 Å². The summed E-state index contributed by atoms with van der Waals surface area (Å²) in [5, 5.41) is 7.84. The van der Waals surface area contributed by atoms with Crippen LogP contribution in [0.25, 0.3) is 10.4 Å². The van der Waals surface area contributed by atoms with E-state index in [0.717, 1.165) is 19.8 Å². The minimum Gasteiger partial charge on any atom is -0.378 e. The van der Waals surface area contributed by atoms with Crippen LogP contribution in [-0.2, 0) is 11.3 Å². The minimum atomic E-state index is 0.562. The number of hydrogen-bond donors (Lipinski definition) is 1. The molecule has 0 amide bonds. The maximum atomic E-state index is 5.13. The average molecular weight is 251 g/mol. The number of thiophene rings is 2. The van der Waals surface area contributed by atoms with E-state index < -0.39 is 0 Å². The van der Waals surface area contributed by atoms with Crippen molar-refractivity contribution in [3.8, 4) is 10.4 Å². The predicted molar refractivity (Wildman–Crippen MR) is 69.1 cm³/mol. The van der Waals surface area contributed by atoms with Gasteiger partial charge in [-0.25, -0.2) is 0 Å². The van der Waals surface area contributed by atoms with Gasteiger partial charge in [0.1, 0.15) is 0 Å². The fourth-order valence-corrected chi connectivity index (χ4v) is 3.27. The Bertz CT molecular complexity index is 445. The molecule has 3 rings (SSSR count). The van der Waals surface area contributed by atoms with Crippen molar-refractivity contribution >= 4 is 22.7 Å². The second kappa shape index (κ2) is 4.67. The normalized spacial score (nSPS) is 16.2. The summed E-state index contributed by atoms with van der Waals surface area (Å²) in [4.78, 5) is 2.75. The molecule has 0 aromatic carbocycles. The highest BCUT2D eigenvalue weighted by Crippen LogP contribution is 2.29. The Morgan fingerprint density at radius 1 is 1.38 bits per heavy atom. The molecule has 0 atom stereocenters. The van der Waals surface area contributed by atoms with Gasteiger partial charge in [-0.05, 0) is 22.9 Å². The molecule has 0 unspecified atom stereocenters. The Kier molecular flexibility index (Phi) is 3.06. The van der Waals surface area contributed by atoms with Crippen molar-refractivity contribution in [3.05, 3.63) is 33.8 Å². The van der Waals surface area contributed by atoms with E-state index in [9.17, 15) is 0 Å². The van der Waals surface area contributed by atoms with Crippen LogP contribution in [0.15, 0.2) is 29.0 Å². The molecule has 0 spiro atoms. The second-order valence-corrected chi connectivity index (χ2v) is 5.84. The first-order valence-electron chi connectivity index (χ1n) is 5.34. The third-order valence-corrected chi connectivity index (χ3v) is 4.52. The van der Waals surface area contributed by atoms with Gasteiger partial charge in [-0.3, -0.25) is 0 Å². The summed E-state index contributed by atoms with van der Waals surface area (Å²) in [7, 11) is 0. The molecule has 2 aromatic rings. The van der Waals surface area contributed by atoms with Gasteiger partial charge in [-0.1, -0.05) is 6.07 Å². The molecule has 16 heavy (non-hydrogen) atoms. The summed E-state index contributed by atoms with van der Waals surface area (Å²) in [5.74, 6) is 0. The zero-order valence-electron chi connectivity index (χ0n) is 8.81. The highest BCUT2D eigenvalue weighted by Gasteiger charge is 2.17. The average Bonchev–Trinajstić information content (AvgIpc) is 2.84. The molecule has 1 aliphatic heterocycles. The van der Waals surface area contributed by atoms with Crippen LogP contribution in [0.4, 0.5) is 0 Å². The minimum absolute atomic E-state index is 0.562. The lowest BCUT2D eigenvalue weighted by atomic mass is 10.2. The van der Waals surface area contributed by atoms with Gasteiger partial charge in [0.15, 0.2) is 0 Å². The van der Waals surface area contributed by atoms with E-state index in [4.69, 9.17) is 4.74 Å². The summed E-state index contributed by atoms with van der Waals surface area (Å²) in [6.07, 6.45) is 0. The third kappa shape index (κ3) is 2.20. The van der Waals surface area contributed by atoms with Gasteiger partial charge in [0.05, 0.1) is 19.3 Å². The van der Waals surface area contributed by atoms with Gasteiger partial charge in [0.25, 0.3) is 0 Å². The fourth-order valence-electron chi connectivity index (χ4n) is 1.64. The molecule has 0 aliphatic carbocycles. The number of nitrogens with one attached hydrogen (secondary N) is 1. The smallest absolute Gasteiger partial charge is 0.0643 e. The number of hydrogen-bond acceptors (Lipinski definition) is 4. The highest BCUT2D eigenvalue weighted by molar-refractivity contribution is 7.14. The van der Waals surface area contributed by atoms with Crippen LogP contribution in [0.2, 0.25) is 0 Å². The Morgan fingerprint density at radius 2 is 2.31 bits per heavy atom. The first-order valence-corrected chi connectivity index (χ1v) is 7.10. The molecule has 2 nitrogen and oxygen atoms in total. The van der Waals surface area contributed by atoms with Crippen molar-refractivity contribution in [1.29, 1.82) is 0 Å². The zero-order valence-corrected chi connectivity index (χ0v) is 10.4. The molecule has 1 N–H and O–H groups in total. The van der Waals surface area contributed by atoms with Crippen LogP contribution < -0.4 is 5.32 Å². The van der Waals surface area contributed by atoms with Crippen molar-refractivity contribution in [2.24, 2.45) is 0 Å². The molecule has 4 heteroatoms. The van der Waals surface area contributed by atoms with Crippen LogP contribution >= 0.6 is 22.7 Å². The lowest BCUT2D eigenvalue weighted by Crippen LogP contribution is -2.45. The van der Waals surface area contributed by atoms with E-state index in [-0.39, 0.29) is 0 Å². The fraction of sp³-hybridized carbons (Fsp3) is 0.333. The van der Waals surface area contributed by atoms with Gasteiger partial charge in [0, 0.05) is 21.9 Å². The molecule has 0 saturated carbocycles. The highest BCUT2D eigenvalue weighted by atomic mass is 32.1. The van der Waals surface area contributed by atoms with Gasteiger partial charge >= 0.3 is 0 Å². The molecule has 3 heterocycles. The van der Waals surface area contributed by atoms with E-state index in [1.54, 1.807) is 11.3 Å². The van der Waals surface area contributed by atoms with E-state index in [1.807, 2.05) is 11.3 Å². The first-order chi connectivity index (χ1) is 7.92. The number of rotatable bonds is 4. The largest absolute Gasteiger partial charge is 0.378 e. The van der Waals surface area contributed by atoms with E-state index in [0.29, 0.717) is 6.04 Å². The summed E-state index contributed by atoms with van der Waals surface area (Å²) in [6.45, 7) is 2.69. The van der Waals surface area contributed by atoms with Crippen LogP contribution in [0.3, 0.4) is 0 Å². The lowest BCUT2D eigenvalue weighted by Gasteiger charge is -2.26. The third-order valence-electron chi connectivity index (χ3n) is 2.66. The van der Waals surface area contributed by atoms with Crippen molar-refractivity contribution in [3.63, 3.8) is 0 Å². The maximum absolute atomic E-state index is 5.13. The summed E-state index contributed by atoms with van der Waals surface area (Å²) in [5.41, 5.74) is 1.35. The maximum Gasteiger partial charge on any atom is 0.0643 e. The molecular weight excluding hydrogens is 238 g/mol. The zero-order chi connectivity index (χ0) is 10.8. The molecule has 1 aliphatic rings. The molecule has 1 fully saturated rings. The molecule has 84 valence electrons. The van der Waals surface area contributed by atoms with Crippen molar-refractivity contribution < 1.29 is 4.74 Å². The number of ether oxygens (including phenoxy) is 1. The van der Waals surface area contributed by atoms with E-state index in [1.165, 1.54) is 15.3 Å². The van der Waals surface area contributed by atoms with Gasteiger partial charge in [-0.2, -0.15) is 0 Å². The summed E-state index contributed by atoms with van der Waals surface area (Å²) in [6, 6.07) is 7.11. The first kappa shape index (κ1) is 10.5. The quantitative estimate of drug-likeness (QED) is 0.902. The molecule has 1 saturated heterocycles. The van der Waals surface area contributed by atoms with Gasteiger partial charge in [0.2, 0.25) is 0 Å². The standard InChI is InChI=1S/C12H13NOS2/c1-2-12(15-3-1)9-4-11(16-8-9)5-13-10-6-14-7-10/h1-4,8,10,13H,5-7H2. The Hall–Kier alpha value is -0.680. The topological polar surface area (TPSA) is 21.3 Å². The molecule has 0 radical (unpaired) electrons. The van der Waals surface area contributed by atoms with E-state index >= 15 is 0 Å². The Morgan fingerprint density at radius 3 is 3.00 bits per heavy atom. The van der Waals surface area contributed by atoms with Gasteiger partial charge < -0.3 is 10.1 Å². The predicted octanol–water partition coefficient (Wildman–Crippen LogP) is 2.97. The lowest BCUT2D eigenvalue weighted by molar-refractivity contribution is -0.00567. The molecular formula is C12H13NOS2. The van der Waals surface area contributed by atoms with Crippen LogP contribution in [0.1, 0.15) is 4.88 Å². The Balaban J connectivity index is 1.63. The Labute approximate surface area is 103 Å². The SMILES string of the molecule is c1csc(-c2csc(CNC3COC3)c2)c1. The monoisotopic (exact) mass is 251 g/mol. The second-order valence-electron chi connectivity index (χ2n) is 3.89. The molecule has 0 bridgehead atoms.